The molecule has 4 rings (SSSR count). The summed E-state index contributed by atoms with van der Waals surface area (Å²) < 4.78 is 41.3. The lowest BCUT2D eigenvalue weighted by atomic mass is 9.95. The number of nitrogens with zero attached hydrogens (tertiary/aromatic N) is 1. The molecule has 0 radical (unpaired) electrons. The first-order valence-corrected chi connectivity index (χ1v) is 8.87. The first kappa shape index (κ1) is 23.3. The van der Waals surface area contributed by atoms with Crippen LogP contribution in [0.5, 0.6) is 5.75 Å². The van der Waals surface area contributed by atoms with Gasteiger partial charge in [-0.2, -0.15) is 0 Å². The summed E-state index contributed by atoms with van der Waals surface area (Å²) in [5.74, 6) is -0.204. The molecule has 0 spiro atoms. The topological polar surface area (TPSA) is 40.3 Å². The van der Waals surface area contributed by atoms with Gasteiger partial charge in [-0.1, -0.05) is 24.3 Å². The summed E-state index contributed by atoms with van der Waals surface area (Å²) in [4.78, 5) is 5.58. The molecule has 4 nitrogen and oxygen atoms in total. The first-order chi connectivity index (χ1) is 13.0. The number of halogens is 5. The highest BCUT2D eigenvalue weighted by Gasteiger charge is 2.31. The summed E-state index contributed by atoms with van der Waals surface area (Å²) in [7, 11) is 0. The maximum Gasteiger partial charge on any atom is 0.573 e. The molecule has 0 aliphatic carbocycles. The van der Waals surface area contributed by atoms with E-state index in [4.69, 9.17) is 0 Å². The minimum atomic E-state index is -4.68. The molecule has 158 valence electrons. The summed E-state index contributed by atoms with van der Waals surface area (Å²) in [6.45, 7) is 3.51. The smallest absolute Gasteiger partial charge is 0.406 e. The van der Waals surface area contributed by atoms with Crippen LogP contribution in [0.25, 0.3) is 10.9 Å². The molecule has 9 heteroatoms. The van der Waals surface area contributed by atoms with Crippen LogP contribution in [0.3, 0.4) is 0 Å². The minimum Gasteiger partial charge on any atom is -0.406 e. The van der Waals surface area contributed by atoms with Crippen LogP contribution in [0, 0.1) is 0 Å². The molecule has 1 fully saturated rings. The van der Waals surface area contributed by atoms with Crippen molar-refractivity contribution >= 4 is 35.7 Å². The highest BCUT2D eigenvalue weighted by atomic mass is 35.5. The lowest BCUT2D eigenvalue weighted by molar-refractivity contribution is -0.274. The molecule has 0 amide bonds. The van der Waals surface area contributed by atoms with Gasteiger partial charge in [-0.15, -0.1) is 38.0 Å². The summed E-state index contributed by atoms with van der Waals surface area (Å²) >= 11 is 0. The van der Waals surface area contributed by atoms with Crippen LogP contribution < -0.4 is 10.1 Å². The Bertz CT molecular complexity index is 909. The van der Waals surface area contributed by atoms with Gasteiger partial charge in [-0.3, -0.25) is 4.90 Å². The second kappa shape index (κ2) is 9.71. The maximum atomic E-state index is 12.4. The Morgan fingerprint density at radius 2 is 1.55 bits per heavy atom. The van der Waals surface area contributed by atoms with Crippen molar-refractivity contribution in [2.75, 3.05) is 26.2 Å². The van der Waals surface area contributed by atoms with E-state index >= 15 is 0 Å². The number of fused-ring (bicyclic) bond motifs is 1. The number of piperazine rings is 1. The minimum absolute atomic E-state index is 0. The molecule has 0 bridgehead atoms. The molecule has 1 aliphatic heterocycles. The average molecular weight is 448 g/mol. The van der Waals surface area contributed by atoms with Crippen LogP contribution in [0.2, 0.25) is 0 Å². The third-order valence-electron chi connectivity index (χ3n) is 4.84. The van der Waals surface area contributed by atoms with E-state index in [0.29, 0.717) is 0 Å². The third kappa shape index (κ3) is 5.57. The number of hydrogen-bond acceptors (Lipinski definition) is 3. The molecule has 1 saturated heterocycles. The Labute approximate surface area is 179 Å². The molecule has 0 unspecified atom stereocenters. The summed E-state index contributed by atoms with van der Waals surface area (Å²) in [6.07, 6.45) is -2.78. The molecule has 2 N–H and O–H groups in total. The molecule has 0 saturated carbocycles. The van der Waals surface area contributed by atoms with Gasteiger partial charge in [0.25, 0.3) is 0 Å². The molecular formula is C20H22Cl2F3N3O. The Hall–Kier alpha value is -1.93. The van der Waals surface area contributed by atoms with Crippen molar-refractivity contribution in [2.45, 2.75) is 12.4 Å². The van der Waals surface area contributed by atoms with Crippen LogP contribution >= 0.6 is 24.8 Å². The van der Waals surface area contributed by atoms with E-state index in [2.05, 4.69) is 38.1 Å². The number of alkyl halides is 3. The van der Waals surface area contributed by atoms with Gasteiger partial charge in [0.1, 0.15) is 5.75 Å². The average Bonchev–Trinajstić information content (AvgIpc) is 3.11. The molecule has 2 aromatic carbocycles. The van der Waals surface area contributed by atoms with Gasteiger partial charge in [0.05, 0.1) is 6.04 Å². The van der Waals surface area contributed by atoms with Gasteiger partial charge in [0, 0.05) is 37.9 Å². The second-order valence-electron chi connectivity index (χ2n) is 6.63. The highest BCUT2D eigenvalue weighted by Crippen LogP contribution is 2.32. The monoisotopic (exact) mass is 447 g/mol. The lowest BCUT2D eigenvalue weighted by Gasteiger charge is -2.35. The quantitative estimate of drug-likeness (QED) is 0.597. The van der Waals surface area contributed by atoms with Crippen LogP contribution in [0.1, 0.15) is 17.2 Å². The van der Waals surface area contributed by atoms with Crippen molar-refractivity contribution in [1.82, 2.24) is 15.2 Å². The molecule has 3 aromatic rings. The van der Waals surface area contributed by atoms with E-state index in [9.17, 15) is 13.2 Å². The molecule has 1 aliphatic rings. The SMILES string of the molecule is Cl.Cl.FC(F)(F)Oc1ccc([C@@H](c2ccc3cc[nH]c3c2)N2CCNCC2)cc1. The van der Waals surface area contributed by atoms with E-state index in [1.807, 2.05) is 12.3 Å². The van der Waals surface area contributed by atoms with Crippen LogP contribution in [-0.4, -0.2) is 42.4 Å². The Kier molecular flexibility index (Phi) is 7.82. The van der Waals surface area contributed by atoms with Crippen LogP contribution in [0.4, 0.5) is 13.2 Å². The number of benzene rings is 2. The lowest BCUT2D eigenvalue weighted by Crippen LogP contribution is -2.45. The van der Waals surface area contributed by atoms with E-state index in [1.165, 1.54) is 12.1 Å². The second-order valence-corrected chi connectivity index (χ2v) is 6.63. The van der Waals surface area contributed by atoms with E-state index in [0.717, 1.165) is 48.2 Å². The largest absolute Gasteiger partial charge is 0.573 e. The highest BCUT2D eigenvalue weighted by molar-refractivity contribution is 5.85. The van der Waals surface area contributed by atoms with Gasteiger partial charge >= 0.3 is 6.36 Å². The fourth-order valence-electron chi connectivity index (χ4n) is 3.64. The Morgan fingerprint density at radius 3 is 2.21 bits per heavy atom. The fourth-order valence-corrected chi connectivity index (χ4v) is 3.64. The van der Waals surface area contributed by atoms with Gasteiger partial charge in [-0.25, -0.2) is 0 Å². The predicted octanol–water partition coefficient (Wildman–Crippen LogP) is 4.90. The van der Waals surface area contributed by atoms with Gasteiger partial charge in [-0.05, 0) is 40.8 Å². The van der Waals surface area contributed by atoms with Gasteiger partial charge < -0.3 is 15.0 Å². The number of ether oxygens (including phenoxy) is 1. The van der Waals surface area contributed by atoms with Crippen LogP contribution in [0.15, 0.2) is 54.7 Å². The van der Waals surface area contributed by atoms with E-state index < -0.39 is 6.36 Å². The standard InChI is InChI=1S/C20H20F3N3O.2ClH/c21-20(22,23)27-17-5-3-15(4-6-17)19(26-11-9-24-10-12-26)16-2-1-14-7-8-25-18(14)13-16;;/h1-8,13,19,24-25H,9-12H2;2*1H/t19-;;/m0../s1. The molecular weight excluding hydrogens is 426 g/mol. The fraction of sp³-hybridized carbons (Fsp3) is 0.300. The molecule has 2 heterocycles. The summed E-state index contributed by atoms with van der Waals surface area (Å²) in [5, 5.41) is 4.47. The predicted molar refractivity (Wildman–Crippen MR) is 112 cm³/mol. The van der Waals surface area contributed by atoms with Crippen molar-refractivity contribution in [1.29, 1.82) is 0 Å². The maximum absolute atomic E-state index is 12.4. The van der Waals surface area contributed by atoms with Crippen molar-refractivity contribution in [3.05, 3.63) is 65.9 Å². The van der Waals surface area contributed by atoms with Crippen molar-refractivity contribution in [2.24, 2.45) is 0 Å². The summed E-state index contributed by atoms with van der Waals surface area (Å²) in [5.41, 5.74) is 3.10. The number of H-pyrrole nitrogens is 1. The Balaban J connectivity index is 0.00000150. The normalized spacial score (nSPS) is 16.0. The van der Waals surface area contributed by atoms with Gasteiger partial charge in [0.2, 0.25) is 0 Å². The van der Waals surface area contributed by atoms with Crippen LogP contribution in [-0.2, 0) is 0 Å². The number of aromatic nitrogens is 1. The van der Waals surface area contributed by atoms with E-state index in [1.54, 1.807) is 12.1 Å². The van der Waals surface area contributed by atoms with Crippen molar-refractivity contribution < 1.29 is 17.9 Å². The molecule has 29 heavy (non-hydrogen) atoms. The van der Waals surface area contributed by atoms with Crippen molar-refractivity contribution in [3.63, 3.8) is 0 Å². The summed E-state index contributed by atoms with van der Waals surface area (Å²) in [6, 6.07) is 14.4. The molecule has 1 aromatic heterocycles. The third-order valence-corrected chi connectivity index (χ3v) is 4.84. The first-order valence-electron chi connectivity index (χ1n) is 8.87. The molecule has 1 atom stereocenters. The number of hydrogen-bond donors (Lipinski definition) is 2. The number of rotatable bonds is 4. The zero-order chi connectivity index (χ0) is 18.9. The number of aromatic amines is 1. The Morgan fingerprint density at radius 1 is 0.897 bits per heavy atom. The zero-order valence-electron chi connectivity index (χ0n) is 15.4. The number of nitrogens with one attached hydrogen (secondary N) is 2. The van der Waals surface area contributed by atoms with Crippen molar-refractivity contribution in [3.8, 4) is 5.75 Å². The zero-order valence-corrected chi connectivity index (χ0v) is 17.0. The van der Waals surface area contributed by atoms with Gasteiger partial charge in [0.15, 0.2) is 0 Å². The van der Waals surface area contributed by atoms with E-state index in [-0.39, 0.29) is 36.6 Å².